The number of ether oxygens (including phenoxy) is 1. The molecule has 1 fully saturated rings. The Morgan fingerprint density at radius 3 is 1.84 bits per heavy atom. The van der Waals surface area contributed by atoms with Crippen LogP contribution in [0.2, 0.25) is 0 Å². The molecule has 0 bridgehead atoms. The van der Waals surface area contributed by atoms with Crippen molar-refractivity contribution in [1.29, 1.82) is 0 Å². The van der Waals surface area contributed by atoms with Crippen molar-refractivity contribution in [2.75, 3.05) is 26.4 Å². The molecule has 1 aliphatic carbocycles. The molecule has 12 nitrogen and oxygen atoms in total. The van der Waals surface area contributed by atoms with Gasteiger partial charge in [-0.05, 0) is 12.8 Å². The van der Waals surface area contributed by atoms with E-state index in [0.717, 1.165) is 12.8 Å². The molecular weight excluding hydrogens is 603 g/mol. The van der Waals surface area contributed by atoms with Gasteiger partial charge in [0.05, 0.1) is 37.8 Å². The summed E-state index contributed by atoms with van der Waals surface area (Å²) < 4.78 is 30.5. The molecule has 0 aromatic carbocycles. The number of unbranched alkanes of at least 4 members (excludes halogenated alkanes) is 15. The first-order valence-corrected chi connectivity index (χ1v) is 18.8. The second-order valence-corrected chi connectivity index (χ2v) is 13.9. The normalized spacial score (nSPS) is 25.8. The first kappa shape index (κ1) is 40.3. The number of nitrogens with zero attached hydrogens (tertiary/aromatic N) is 2. The zero-order chi connectivity index (χ0) is 32.9. The van der Waals surface area contributed by atoms with Crippen LogP contribution in [0.3, 0.4) is 0 Å². The molecule has 264 valence electrons. The molecule has 0 amide bonds. The summed E-state index contributed by atoms with van der Waals surface area (Å²) in [5.41, 5.74) is 0. The fourth-order valence-corrected chi connectivity index (χ4v) is 6.86. The van der Waals surface area contributed by atoms with Crippen LogP contribution in [0, 0.1) is 5.92 Å². The summed E-state index contributed by atoms with van der Waals surface area (Å²) in [6.45, 7) is 2.32. The average Bonchev–Trinajstić information content (AvgIpc) is 3.56. The molecule has 0 saturated heterocycles. The van der Waals surface area contributed by atoms with E-state index < -0.39 is 56.9 Å². The Hall–Kier alpha value is -0.920. The molecule has 0 aliphatic heterocycles. The van der Waals surface area contributed by atoms with Gasteiger partial charge in [-0.2, -0.15) is 0 Å². The first-order valence-electron chi connectivity index (χ1n) is 17.3. The second-order valence-electron chi connectivity index (χ2n) is 12.5. The lowest BCUT2D eigenvalue weighted by Gasteiger charge is -2.43. The van der Waals surface area contributed by atoms with E-state index in [1.165, 1.54) is 89.9 Å². The zero-order valence-corrected chi connectivity index (χ0v) is 28.2. The summed E-state index contributed by atoms with van der Waals surface area (Å²) in [5, 5.41) is 50.0. The molecule has 1 aromatic heterocycles. The maximum atomic E-state index is 12.7. The predicted octanol–water partition coefficient (Wildman–Crippen LogP) is 4.66. The van der Waals surface area contributed by atoms with E-state index in [1.54, 1.807) is 23.3 Å². The van der Waals surface area contributed by atoms with E-state index in [-0.39, 0.29) is 6.61 Å². The highest BCUT2D eigenvalue weighted by Crippen LogP contribution is 2.48. The Morgan fingerprint density at radius 2 is 1.33 bits per heavy atom. The second kappa shape index (κ2) is 23.4. The van der Waals surface area contributed by atoms with Crippen LogP contribution in [0.5, 0.6) is 0 Å². The fraction of sp³-hybridized carbons (Fsp3) is 0.906. The largest absolute Gasteiger partial charge is 0.472 e. The number of phosphoric ester groups is 1. The number of phosphoric acid groups is 1. The monoisotopic (exact) mass is 664 g/mol. The molecule has 13 heteroatoms. The third-order valence-corrected chi connectivity index (χ3v) is 9.82. The van der Waals surface area contributed by atoms with Gasteiger partial charge in [-0.1, -0.05) is 103 Å². The molecule has 6 N–H and O–H groups in total. The van der Waals surface area contributed by atoms with Gasteiger partial charge in [0.15, 0.2) is 0 Å². The van der Waals surface area contributed by atoms with Gasteiger partial charge in [0.25, 0.3) is 0 Å². The van der Waals surface area contributed by atoms with Crippen LogP contribution in [-0.4, -0.2) is 96.9 Å². The Morgan fingerprint density at radius 1 is 0.778 bits per heavy atom. The van der Waals surface area contributed by atoms with Gasteiger partial charge in [0.2, 0.25) is 0 Å². The minimum absolute atomic E-state index is 0.250. The number of hydrogen-bond acceptors (Lipinski definition) is 10. The van der Waals surface area contributed by atoms with Gasteiger partial charge in [0, 0.05) is 31.5 Å². The van der Waals surface area contributed by atoms with Crippen molar-refractivity contribution in [3.8, 4) is 0 Å². The number of aliphatic hydroxyl groups excluding tert-OH is 5. The summed E-state index contributed by atoms with van der Waals surface area (Å²) >= 11 is 0. The van der Waals surface area contributed by atoms with Gasteiger partial charge in [0.1, 0.15) is 18.3 Å². The maximum Gasteiger partial charge on any atom is 0.472 e. The molecule has 2 rings (SSSR count). The number of rotatable bonds is 27. The van der Waals surface area contributed by atoms with Crippen molar-refractivity contribution < 1.29 is 48.8 Å². The Labute approximate surface area is 269 Å². The van der Waals surface area contributed by atoms with Crippen LogP contribution < -0.4 is 0 Å². The summed E-state index contributed by atoms with van der Waals surface area (Å²) in [6.07, 6.45) is 17.5. The smallest absolute Gasteiger partial charge is 0.396 e. The number of aromatic nitrogens is 2. The number of hydrogen-bond donors (Lipinski definition) is 6. The number of aliphatic hydroxyl groups is 5. The summed E-state index contributed by atoms with van der Waals surface area (Å²) in [5.74, 6) is -1.28. The summed E-state index contributed by atoms with van der Waals surface area (Å²) in [7, 11) is -4.82. The lowest BCUT2D eigenvalue weighted by Crippen LogP contribution is -2.62. The van der Waals surface area contributed by atoms with E-state index in [2.05, 4.69) is 11.9 Å². The van der Waals surface area contributed by atoms with Gasteiger partial charge < -0.3 is 39.7 Å². The van der Waals surface area contributed by atoms with Crippen LogP contribution >= 0.6 is 7.82 Å². The first-order chi connectivity index (χ1) is 21.7. The van der Waals surface area contributed by atoms with Gasteiger partial charge in [-0.3, -0.25) is 9.05 Å². The van der Waals surface area contributed by atoms with Crippen LogP contribution in [0.4, 0.5) is 0 Å². The summed E-state index contributed by atoms with van der Waals surface area (Å²) in [6, 6.07) is -0.402. The van der Waals surface area contributed by atoms with Gasteiger partial charge in [-0.15, -0.1) is 0 Å². The third kappa shape index (κ3) is 15.7. The van der Waals surface area contributed by atoms with Crippen LogP contribution in [0.25, 0.3) is 0 Å². The molecule has 1 saturated carbocycles. The summed E-state index contributed by atoms with van der Waals surface area (Å²) in [4.78, 5) is 14.3. The molecule has 8 atom stereocenters. The molecule has 2 unspecified atom stereocenters. The van der Waals surface area contributed by atoms with E-state index in [0.29, 0.717) is 19.6 Å². The van der Waals surface area contributed by atoms with Crippen molar-refractivity contribution in [3.05, 3.63) is 18.7 Å². The minimum atomic E-state index is -4.82. The standard InChI is InChI=1S/C32H61N2O10P/c1-2-3-4-5-6-7-8-9-10-11-12-13-14-15-16-17-21-42-22-18-26(34-20-19-33-25-34)24-43-45(40,41)44-32-29(37)27(23-35)28(36)30(38)31(32)39/h19-20,25-32,35-39H,2-18,21-24H2,1H3,(H,40,41)/t26?,27-,28+,29+,30-,31+,32+/m0/s1. The van der Waals surface area contributed by atoms with E-state index >= 15 is 0 Å². The molecule has 0 radical (unpaired) electrons. The third-order valence-electron chi connectivity index (χ3n) is 8.83. The van der Waals surface area contributed by atoms with Crippen molar-refractivity contribution in [1.82, 2.24) is 9.55 Å². The Bertz CT molecular complexity index is 895. The predicted molar refractivity (Wildman–Crippen MR) is 171 cm³/mol. The van der Waals surface area contributed by atoms with Crippen LogP contribution in [0.1, 0.15) is 122 Å². The van der Waals surface area contributed by atoms with Crippen LogP contribution in [-0.2, 0) is 18.3 Å². The average molecular weight is 665 g/mol. The topological polar surface area (TPSA) is 184 Å². The van der Waals surface area contributed by atoms with Crippen molar-refractivity contribution in [3.63, 3.8) is 0 Å². The lowest BCUT2D eigenvalue weighted by atomic mass is 9.79. The Kier molecular flexibility index (Phi) is 20.9. The highest BCUT2D eigenvalue weighted by atomic mass is 31.2. The minimum Gasteiger partial charge on any atom is -0.396 e. The van der Waals surface area contributed by atoms with Gasteiger partial charge >= 0.3 is 7.82 Å². The highest BCUT2D eigenvalue weighted by molar-refractivity contribution is 7.47. The van der Waals surface area contributed by atoms with Crippen molar-refractivity contribution in [2.45, 2.75) is 153 Å². The number of imidazole rings is 1. The molecule has 1 heterocycles. The van der Waals surface area contributed by atoms with Gasteiger partial charge in [-0.25, -0.2) is 9.55 Å². The fourth-order valence-electron chi connectivity index (χ4n) is 5.88. The Balaban J connectivity index is 1.57. The molecule has 1 aliphatic rings. The molecule has 45 heavy (non-hydrogen) atoms. The molecule has 1 aromatic rings. The molecular formula is C32H61N2O10P. The maximum absolute atomic E-state index is 12.7. The van der Waals surface area contributed by atoms with E-state index in [1.807, 2.05) is 0 Å². The van der Waals surface area contributed by atoms with E-state index in [4.69, 9.17) is 13.8 Å². The SMILES string of the molecule is CCCCCCCCCCCCCCCCCCOCCC(COP(=O)(O)O[C@H]1[C@H](O)[C@@H](O)[C@H](O)[C@H](CO)[C@H]1O)n1ccnc1. The van der Waals surface area contributed by atoms with Crippen LogP contribution in [0.15, 0.2) is 18.7 Å². The molecule has 0 spiro atoms. The van der Waals surface area contributed by atoms with Crippen molar-refractivity contribution in [2.24, 2.45) is 5.92 Å². The highest BCUT2D eigenvalue weighted by Gasteiger charge is 2.51. The zero-order valence-electron chi connectivity index (χ0n) is 27.3. The quantitative estimate of drug-likeness (QED) is 0.0568. The van der Waals surface area contributed by atoms with E-state index in [9.17, 15) is 35.0 Å². The van der Waals surface area contributed by atoms with Crippen molar-refractivity contribution >= 4 is 7.82 Å². The lowest BCUT2D eigenvalue weighted by molar-refractivity contribution is -0.206.